The van der Waals surface area contributed by atoms with Crippen LogP contribution in [0.4, 0.5) is 0 Å². The van der Waals surface area contributed by atoms with Gasteiger partial charge in [0.2, 0.25) is 0 Å². The molecule has 1 fully saturated rings. The van der Waals surface area contributed by atoms with Crippen molar-refractivity contribution in [2.45, 2.75) is 11.8 Å². The molecule has 2 N–H and O–H groups in total. The molecule has 1 aliphatic rings. The highest BCUT2D eigenvalue weighted by Crippen LogP contribution is 2.34. The third kappa shape index (κ3) is 2.63. The van der Waals surface area contributed by atoms with E-state index in [2.05, 4.69) is 22.1 Å². The normalized spacial score (nSPS) is 16.0. The highest BCUT2D eigenvalue weighted by atomic mass is 16.5. The molecule has 0 radical (unpaired) electrons. The van der Waals surface area contributed by atoms with Gasteiger partial charge in [-0.05, 0) is 5.56 Å². The number of hydrogen-bond acceptors (Lipinski definition) is 5. The SMILES string of the molecule is O=C(NO)c1cnc(CC2(c3ccccc3)COC2)nc1. The summed E-state index contributed by atoms with van der Waals surface area (Å²) in [5.74, 6) is 0.0305. The second-order valence-electron chi connectivity index (χ2n) is 5.14. The van der Waals surface area contributed by atoms with E-state index >= 15 is 0 Å². The molecule has 1 saturated heterocycles. The number of benzene rings is 1. The van der Waals surface area contributed by atoms with Crippen molar-refractivity contribution in [1.29, 1.82) is 0 Å². The zero-order valence-corrected chi connectivity index (χ0v) is 11.3. The second-order valence-corrected chi connectivity index (χ2v) is 5.14. The van der Waals surface area contributed by atoms with E-state index in [1.54, 1.807) is 5.48 Å². The lowest BCUT2D eigenvalue weighted by molar-refractivity contribution is -0.0608. The monoisotopic (exact) mass is 285 g/mol. The van der Waals surface area contributed by atoms with Crippen molar-refractivity contribution in [3.8, 4) is 0 Å². The first-order valence-corrected chi connectivity index (χ1v) is 6.62. The van der Waals surface area contributed by atoms with Gasteiger partial charge in [0.15, 0.2) is 0 Å². The van der Waals surface area contributed by atoms with Gasteiger partial charge >= 0.3 is 0 Å². The summed E-state index contributed by atoms with van der Waals surface area (Å²) in [5.41, 5.74) is 2.89. The molecule has 1 aromatic heterocycles. The van der Waals surface area contributed by atoms with Crippen LogP contribution in [0.15, 0.2) is 42.7 Å². The van der Waals surface area contributed by atoms with E-state index in [1.165, 1.54) is 18.0 Å². The molecule has 1 aromatic carbocycles. The molecular weight excluding hydrogens is 270 g/mol. The van der Waals surface area contributed by atoms with Gasteiger partial charge in [0.25, 0.3) is 5.91 Å². The molecule has 0 unspecified atom stereocenters. The van der Waals surface area contributed by atoms with Gasteiger partial charge in [-0.25, -0.2) is 15.4 Å². The van der Waals surface area contributed by atoms with Gasteiger partial charge in [-0.15, -0.1) is 0 Å². The van der Waals surface area contributed by atoms with E-state index in [9.17, 15) is 4.79 Å². The van der Waals surface area contributed by atoms with Gasteiger partial charge in [-0.3, -0.25) is 10.0 Å². The van der Waals surface area contributed by atoms with Crippen LogP contribution >= 0.6 is 0 Å². The predicted octanol–water partition coefficient (Wildman–Crippen LogP) is 1.11. The summed E-state index contributed by atoms with van der Waals surface area (Å²) < 4.78 is 5.39. The van der Waals surface area contributed by atoms with Crippen LogP contribution in [0.2, 0.25) is 0 Å². The zero-order chi connectivity index (χ0) is 14.7. The Morgan fingerprint density at radius 2 is 1.90 bits per heavy atom. The van der Waals surface area contributed by atoms with Crippen LogP contribution in [0.25, 0.3) is 0 Å². The lowest BCUT2D eigenvalue weighted by Gasteiger charge is -2.41. The largest absolute Gasteiger partial charge is 0.379 e. The van der Waals surface area contributed by atoms with Crippen LogP contribution in [-0.2, 0) is 16.6 Å². The summed E-state index contributed by atoms with van der Waals surface area (Å²) in [7, 11) is 0. The van der Waals surface area contributed by atoms with Crippen LogP contribution in [0.3, 0.4) is 0 Å². The summed E-state index contributed by atoms with van der Waals surface area (Å²) in [6.45, 7) is 1.28. The maximum absolute atomic E-state index is 11.2. The van der Waals surface area contributed by atoms with E-state index in [1.807, 2.05) is 18.2 Å². The van der Waals surface area contributed by atoms with E-state index < -0.39 is 5.91 Å². The third-order valence-corrected chi connectivity index (χ3v) is 3.71. The number of hydroxylamine groups is 1. The van der Waals surface area contributed by atoms with Crippen molar-refractivity contribution in [3.05, 3.63) is 59.7 Å². The molecular formula is C15H15N3O3. The molecule has 108 valence electrons. The molecule has 21 heavy (non-hydrogen) atoms. The molecule has 1 aliphatic heterocycles. The third-order valence-electron chi connectivity index (χ3n) is 3.71. The summed E-state index contributed by atoms with van der Waals surface area (Å²) in [5, 5.41) is 8.57. The minimum atomic E-state index is -0.619. The van der Waals surface area contributed by atoms with Crippen molar-refractivity contribution in [2.75, 3.05) is 13.2 Å². The number of nitrogens with zero attached hydrogens (tertiary/aromatic N) is 2. The minimum Gasteiger partial charge on any atom is -0.379 e. The maximum Gasteiger partial charge on any atom is 0.277 e. The van der Waals surface area contributed by atoms with Crippen molar-refractivity contribution < 1.29 is 14.7 Å². The topological polar surface area (TPSA) is 84.3 Å². The van der Waals surface area contributed by atoms with Crippen LogP contribution in [0, 0.1) is 0 Å². The lowest BCUT2D eigenvalue weighted by atomic mass is 9.75. The Hall–Kier alpha value is -2.31. The average Bonchev–Trinajstić information content (AvgIpc) is 2.51. The summed E-state index contributed by atoms with van der Waals surface area (Å²) in [4.78, 5) is 19.6. The first kappa shape index (κ1) is 13.7. The number of amides is 1. The summed E-state index contributed by atoms with van der Waals surface area (Å²) in [6.07, 6.45) is 3.47. The van der Waals surface area contributed by atoms with Gasteiger partial charge < -0.3 is 4.74 Å². The predicted molar refractivity (Wildman–Crippen MR) is 73.9 cm³/mol. The Balaban J connectivity index is 1.80. The number of rotatable bonds is 4. The molecule has 0 atom stereocenters. The summed E-state index contributed by atoms with van der Waals surface area (Å²) in [6, 6.07) is 10.2. The molecule has 6 heteroatoms. The van der Waals surface area contributed by atoms with Gasteiger partial charge in [-0.2, -0.15) is 0 Å². The van der Waals surface area contributed by atoms with Gasteiger partial charge in [0.1, 0.15) is 5.82 Å². The minimum absolute atomic E-state index is 0.0952. The van der Waals surface area contributed by atoms with Crippen LogP contribution in [0.5, 0.6) is 0 Å². The number of carbonyl (C=O) groups excluding carboxylic acids is 1. The molecule has 1 amide bonds. The van der Waals surface area contributed by atoms with Crippen molar-refractivity contribution >= 4 is 5.91 Å². The summed E-state index contributed by atoms with van der Waals surface area (Å²) >= 11 is 0. The molecule has 0 saturated carbocycles. The van der Waals surface area contributed by atoms with Gasteiger partial charge in [-0.1, -0.05) is 30.3 Å². The zero-order valence-electron chi connectivity index (χ0n) is 11.3. The lowest BCUT2D eigenvalue weighted by Crippen LogP contribution is -2.48. The smallest absolute Gasteiger partial charge is 0.277 e. The van der Waals surface area contributed by atoms with E-state index in [0.717, 1.165) is 0 Å². The van der Waals surface area contributed by atoms with Crippen LogP contribution in [-0.4, -0.2) is 34.3 Å². The van der Waals surface area contributed by atoms with Crippen LogP contribution in [0.1, 0.15) is 21.7 Å². The number of carbonyl (C=O) groups is 1. The molecule has 2 heterocycles. The standard InChI is InChI=1S/C15H15N3O3/c19-14(18-20)11-7-16-13(17-8-11)6-15(9-21-10-15)12-4-2-1-3-5-12/h1-5,7-8,20H,6,9-10H2,(H,18,19). The average molecular weight is 285 g/mol. The van der Waals surface area contributed by atoms with Gasteiger partial charge in [0.05, 0.1) is 18.8 Å². The van der Waals surface area contributed by atoms with Crippen molar-refractivity contribution in [1.82, 2.24) is 15.4 Å². The highest BCUT2D eigenvalue weighted by Gasteiger charge is 2.41. The molecule has 0 spiro atoms. The Labute approximate surface area is 121 Å². The molecule has 3 rings (SSSR count). The molecule has 2 aromatic rings. The van der Waals surface area contributed by atoms with Crippen molar-refractivity contribution in [3.63, 3.8) is 0 Å². The Kier molecular flexibility index (Phi) is 3.64. The fourth-order valence-corrected chi connectivity index (χ4v) is 2.44. The molecule has 0 aliphatic carbocycles. The fraction of sp³-hybridized carbons (Fsp3) is 0.267. The Bertz CT molecular complexity index is 624. The highest BCUT2D eigenvalue weighted by molar-refractivity contribution is 5.92. The van der Waals surface area contributed by atoms with Crippen LogP contribution < -0.4 is 5.48 Å². The number of ether oxygens (including phenoxy) is 1. The molecule has 6 nitrogen and oxygen atoms in total. The quantitative estimate of drug-likeness (QED) is 0.649. The fourth-order valence-electron chi connectivity index (χ4n) is 2.44. The van der Waals surface area contributed by atoms with E-state index in [-0.39, 0.29) is 11.0 Å². The van der Waals surface area contributed by atoms with Crippen molar-refractivity contribution in [2.24, 2.45) is 0 Å². The Morgan fingerprint density at radius 1 is 1.24 bits per heavy atom. The number of hydrogen-bond donors (Lipinski definition) is 2. The second kappa shape index (κ2) is 5.59. The first-order valence-electron chi connectivity index (χ1n) is 6.62. The van der Waals surface area contributed by atoms with E-state index in [4.69, 9.17) is 9.94 Å². The first-order chi connectivity index (χ1) is 10.2. The van der Waals surface area contributed by atoms with Gasteiger partial charge in [0, 0.05) is 24.2 Å². The number of aromatic nitrogens is 2. The Morgan fingerprint density at radius 3 is 2.43 bits per heavy atom. The van der Waals surface area contributed by atoms with E-state index in [0.29, 0.717) is 25.5 Å². The maximum atomic E-state index is 11.2. The molecule has 0 bridgehead atoms. The number of nitrogens with one attached hydrogen (secondary N) is 1.